The van der Waals surface area contributed by atoms with Crippen LogP contribution < -0.4 is 0 Å². The van der Waals surface area contributed by atoms with Crippen molar-refractivity contribution in [3.05, 3.63) is 72.0 Å². The van der Waals surface area contributed by atoms with Crippen molar-refractivity contribution >= 4 is 9.84 Å². The summed E-state index contributed by atoms with van der Waals surface area (Å²) in [7, 11) is -3.61. The van der Waals surface area contributed by atoms with E-state index in [2.05, 4.69) is 0 Å². The molecule has 0 aliphatic rings. The highest BCUT2D eigenvalue weighted by atomic mass is 32.2. The van der Waals surface area contributed by atoms with E-state index < -0.39 is 9.84 Å². The topological polar surface area (TPSA) is 47.3 Å². The molecular weight excluding hydrogens is 296 g/mol. The monoisotopic (exact) mass is 312 g/mol. The van der Waals surface area contributed by atoms with E-state index in [1.807, 2.05) is 37.3 Å². The van der Waals surface area contributed by atoms with Crippen LogP contribution in [0.15, 0.2) is 74.9 Å². The van der Waals surface area contributed by atoms with Crippen LogP contribution in [0.25, 0.3) is 11.3 Å². The van der Waals surface area contributed by atoms with Gasteiger partial charge in [-0.05, 0) is 32.0 Å². The van der Waals surface area contributed by atoms with Crippen LogP contribution in [-0.4, -0.2) is 8.42 Å². The van der Waals surface area contributed by atoms with Crippen LogP contribution in [0, 0.1) is 13.8 Å². The van der Waals surface area contributed by atoms with Crippen molar-refractivity contribution in [2.75, 3.05) is 0 Å². The third-order valence-electron chi connectivity index (χ3n) is 3.48. The summed E-state index contributed by atoms with van der Waals surface area (Å²) in [6.45, 7) is 3.67. The van der Waals surface area contributed by atoms with Gasteiger partial charge in [0.25, 0.3) is 0 Å². The third-order valence-corrected chi connectivity index (χ3v) is 5.25. The lowest BCUT2D eigenvalue weighted by Crippen LogP contribution is -2.02. The summed E-state index contributed by atoms with van der Waals surface area (Å²) in [6, 6.07) is 17.7. The van der Waals surface area contributed by atoms with E-state index in [1.165, 1.54) is 0 Å². The average Bonchev–Trinajstić information content (AvgIpc) is 2.91. The van der Waals surface area contributed by atoms with Crippen molar-refractivity contribution in [3.63, 3.8) is 0 Å². The SMILES string of the molecule is Cc1ccc(S(=O)(=O)c2cc(C)oc2-c2ccccc2)cc1. The molecule has 0 bridgehead atoms. The van der Waals surface area contributed by atoms with Crippen LogP contribution in [0.2, 0.25) is 0 Å². The fourth-order valence-corrected chi connectivity index (χ4v) is 3.80. The fourth-order valence-electron chi connectivity index (χ4n) is 2.33. The van der Waals surface area contributed by atoms with Gasteiger partial charge in [-0.2, -0.15) is 0 Å². The van der Waals surface area contributed by atoms with Gasteiger partial charge in [0.15, 0.2) is 5.76 Å². The number of hydrogen-bond donors (Lipinski definition) is 0. The fraction of sp³-hybridized carbons (Fsp3) is 0.111. The van der Waals surface area contributed by atoms with Gasteiger partial charge in [-0.15, -0.1) is 0 Å². The average molecular weight is 312 g/mol. The molecule has 0 aliphatic heterocycles. The van der Waals surface area contributed by atoms with Crippen LogP contribution in [-0.2, 0) is 9.84 Å². The Balaban J connectivity index is 2.18. The van der Waals surface area contributed by atoms with E-state index in [-0.39, 0.29) is 9.79 Å². The summed E-state index contributed by atoms with van der Waals surface area (Å²) in [5.74, 6) is 0.961. The van der Waals surface area contributed by atoms with Crippen LogP contribution in [0.4, 0.5) is 0 Å². The molecule has 0 spiro atoms. The van der Waals surface area contributed by atoms with E-state index in [4.69, 9.17) is 4.42 Å². The molecule has 2 aromatic carbocycles. The van der Waals surface area contributed by atoms with Gasteiger partial charge in [-0.3, -0.25) is 0 Å². The van der Waals surface area contributed by atoms with Crippen molar-refractivity contribution in [3.8, 4) is 11.3 Å². The summed E-state index contributed by atoms with van der Waals surface area (Å²) in [5, 5.41) is 0. The highest BCUT2D eigenvalue weighted by Crippen LogP contribution is 2.34. The molecule has 0 amide bonds. The molecule has 4 heteroatoms. The van der Waals surface area contributed by atoms with Crippen molar-refractivity contribution in [1.82, 2.24) is 0 Å². The minimum Gasteiger partial charge on any atom is -0.460 e. The highest BCUT2D eigenvalue weighted by Gasteiger charge is 2.25. The van der Waals surface area contributed by atoms with E-state index >= 15 is 0 Å². The minimum absolute atomic E-state index is 0.208. The molecule has 1 aromatic heterocycles. The summed E-state index contributed by atoms with van der Waals surface area (Å²) in [6.07, 6.45) is 0. The Kier molecular flexibility index (Phi) is 3.62. The summed E-state index contributed by atoms with van der Waals surface area (Å²) < 4.78 is 31.4. The highest BCUT2D eigenvalue weighted by molar-refractivity contribution is 7.91. The molecule has 0 atom stereocenters. The summed E-state index contributed by atoms with van der Waals surface area (Å²) >= 11 is 0. The molecule has 3 aromatic rings. The van der Waals surface area contributed by atoms with Gasteiger partial charge in [0.1, 0.15) is 10.7 Å². The minimum atomic E-state index is -3.61. The van der Waals surface area contributed by atoms with Crippen molar-refractivity contribution in [2.45, 2.75) is 23.6 Å². The summed E-state index contributed by atoms with van der Waals surface area (Å²) in [5.41, 5.74) is 1.77. The predicted molar refractivity (Wildman–Crippen MR) is 85.5 cm³/mol. The zero-order chi connectivity index (χ0) is 15.7. The first kappa shape index (κ1) is 14.6. The first-order valence-corrected chi connectivity index (χ1v) is 8.44. The van der Waals surface area contributed by atoms with Crippen LogP contribution in [0.1, 0.15) is 11.3 Å². The molecule has 0 unspecified atom stereocenters. The largest absolute Gasteiger partial charge is 0.460 e. The molecule has 0 fully saturated rings. The third kappa shape index (κ3) is 2.57. The Morgan fingerprint density at radius 2 is 1.50 bits per heavy atom. The van der Waals surface area contributed by atoms with Gasteiger partial charge in [0.05, 0.1) is 4.90 Å². The zero-order valence-corrected chi connectivity index (χ0v) is 13.2. The first-order chi connectivity index (χ1) is 10.5. The predicted octanol–water partition coefficient (Wildman–Crippen LogP) is 4.40. The quantitative estimate of drug-likeness (QED) is 0.720. The van der Waals surface area contributed by atoms with Gasteiger partial charge < -0.3 is 4.42 Å². The first-order valence-electron chi connectivity index (χ1n) is 6.96. The van der Waals surface area contributed by atoms with Gasteiger partial charge in [0, 0.05) is 5.56 Å². The molecule has 3 nitrogen and oxygen atoms in total. The number of rotatable bonds is 3. The Morgan fingerprint density at radius 1 is 0.864 bits per heavy atom. The Hall–Kier alpha value is -2.33. The number of furan rings is 1. The number of sulfone groups is 1. The molecule has 0 aliphatic carbocycles. The standard InChI is InChI=1S/C18H16O3S/c1-13-8-10-16(11-9-13)22(19,20)17-12-14(2)21-18(17)15-6-4-3-5-7-15/h3-12H,1-2H3. The van der Waals surface area contributed by atoms with E-state index in [1.54, 1.807) is 37.3 Å². The smallest absolute Gasteiger partial charge is 0.210 e. The lowest BCUT2D eigenvalue weighted by atomic mass is 10.2. The van der Waals surface area contributed by atoms with Gasteiger partial charge >= 0.3 is 0 Å². The van der Waals surface area contributed by atoms with Crippen molar-refractivity contribution < 1.29 is 12.8 Å². The number of aryl methyl sites for hydroxylation is 2. The lowest BCUT2D eigenvalue weighted by Gasteiger charge is -2.05. The van der Waals surface area contributed by atoms with Crippen molar-refractivity contribution in [1.29, 1.82) is 0 Å². The van der Waals surface area contributed by atoms with Gasteiger partial charge in [0.2, 0.25) is 9.84 Å². The van der Waals surface area contributed by atoms with E-state index in [0.717, 1.165) is 11.1 Å². The molecule has 0 radical (unpaired) electrons. The molecule has 0 saturated heterocycles. The van der Waals surface area contributed by atoms with Crippen LogP contribution in [0.5, 0.6) is 0 Å². The Bertz CT molecular complexity index is 889. The maximum atomic E-state index is 12.9. The molecular formula is C18H16O3S. The maximum Gasteiger partial charge on any atom is 0.210 e. The van der Waals surface area contributed by atoms with Gasteiger partial charge in [-0.25, -0.2) is 8.42 Å². The maximum absolute atomic E-state index is 12.9. The van der Waals surface area contributed by atoms with Crippen LogP contribution >= 0.6 is 0 Å². The molecule has 0 saturated carbocycles. The number of hydrogen-bond acceptors (Lipinski definition) is 3. The molecule has 22 heavy (non-hydrogen) atoms. The van der Waals surface area contributed by atoms with E-state index in [0.29, 0.717) is 11.5 Å². The Labute approximate surface area is 130 Å². The second-order valence-electron chi connectivity index (χ2n) is 5.23. The Morgan fingerprint density at radius 3 is 2.14 bits per heavy atom. The van der Waals surface area contributed by atoms with Crippen molar-refractivity contribution in [2.24, 2.45) is 0 Å². The molecule has 0 N–H and O–H groups in total. The second-order valence-corrected chi connectivity index (χ2v) is 7.15. The van der Waals surface area contributed by atoms with Crippen LogP contribution in [0.3, 0.4) is 0 Å². The summed E-state index contributed by atoms with van der Waals surface area (Å²) in [4.78, 5) is 0.483. The number of benzene rings is 2. The molecule has 1 heterocycles. The zero-order valence-electron chi connectivity index (χ0n) is 12.4. The molecule has 3 rings (SSSR count). The van der Waals surface area contributed by atoms with Gasteiger partial charge in [-0.1, -0.05) is 48.0 Å². The normalized spacial score (nSPS) is 11.5. The lowest BCUT2D eigenvalue weighted by molar-refractivity contribution is 0.542. The second kappa shape index (κ2) is 5.46. The van der Waals surface area contributed by atoms with E-state index in [9.17, 15) is 8.42 Å². The molecule has 112 valence electrons.